The van der Waals surface area contributed by atoms with Crippen LogP contribution in [-0.4, -0.2) is 46.7 Å². The molecule has 2 saturated heterocycles. The van der Waals surface area contributed by atoms with Crippen LogP contribution < -0.4 is 4.74 Å². The topological polar surface area (TPSA) is 76.1 Å². The van der Waals surface area contributed by atoms with Gasteiger partial charge in [-0.15, -0.1) is 0 Å². The number of benzene rings is 1. The maximum Gasteiger partial charge on any atom is 0.303 e. The second kappa shape index (κ2) is 7.80. The summed E-state index contributed by atoms with van der Waals surface area (Å²) in [5, 5.41) is 9.45. The first-order valence-corrected chi connectivity index (χ1v) is 10.8. The van der Waals surface area contributed by atoms with E-state index in [2.05, 4.69) is 13.8 Å². The molecule has 0 spiro atoms. The Bertz CT molecular complexity index is 810. The van der Waals surface area contributed by atoms with Crippen LogP contribution in [0.5, 0.6) is 5.75 Å². The minimum atomic E-state index is -0.858. The molecule has 29 heavy (non-hydrogen) atoms. The number of aliphatic carboxylic acids is 1. The van der Waals surface area contributed by atoms with Crippen LogP contribution in [0.1, 0.15) is 57.6 Å². The summed E-state index contributed by atoms with van der Waals surface area (Å²) in [5.41, 5.74) is 0.650. The lowest BCUT2D eigenvalue weighted by molar-refractivity contribution is -0.188. The number of fused-ring (bicyclic) bond motifs is 4. The number of ether oxygens (including phenoxy) is 2. The van der Waals surface area contributed by atoms with Crippen molar-refractivity contribution in [1.29, 1.82) is 0 Å². The molecule has 1 aromatic carbocycles. The number of likely N-dealkylation sites (tertiary alicyclic amines) is 1. The van der Waals surface area contributed by atoms with Crippen LogP contribution in [0, 0.1) is 11.8 Å². The quantitative estimate of drug-likeness (QED) is 0.793. The third kappa shape index (κ3) is 4.10. The van der Waals surface area contributed by atoms with Crippen molar-refractivity contribution >= 4 is 23.5 Å². The number of halogens is 1. The summed E-state index contributed by atoms with van der Waals surface area (Å²) >= 11 is 6.24. The number of carbonyl (C=O) groups is 2. The number of hydrogen-bond acceptors (Lipinski definition) is 4. The predicted octanol–water partition coefficient (Wildman–Crippen LogP) is 4.06. The maximum absolute atomic E-state index is 12.5. The first-order valence-electron chi connectivity index (χ1n) is 10.4. The summed E-state index contributed by atoms with van der Waals surface area (Å²) in [4.78, 5) is 25.1. The van der Waals surface area contributed by atoms with Crippen molar-refractivity contribution in [2.45, 2.75) is 63.8 Å². The average Bonchev–Trinajstić information content (AvgIpc) is 2.66. The standard InChI is InChI=1S/C22H28ClNO5/c1-22(2)16-10-13-12-24(19(25)4-3-5-20(26)27)9-8-17(13)28-21(16)15-11-14(23)6-7-18(15)29-22/h6-7,11,13,16-17,21H,3-5,8-10,12H2,1-2H3,(H,26,27)/t13-,16-,17-,21+/m1/s1. The van der Waals surface area contributed by atoms with Gasteiger partial charge in [0.1, 0.15) is 11.4 Å². The Hall–Kier alpha value is -1.79. The zero-order valence-electron chi connectivity index (χ0n) is 16.9. The molecule has 0 aliphatic carbocycles. The first kappa shape index (κ1) is 20.5. The van der Waals surface area contributed by atoms with Crippen LogP contribution in [0.15, 0.2) is 18.2 Å². The van der Waals surface area contributed by atoms with Gasteiger partial charge in [0.25, 0.3) is 0 Å². The molecule has 0 aromatic heterocycles. The molecule has 2 fully saturated rings. The number of carbonyl (C=O) groups excluding carboxylic acids is 1. The van der Waals surface area contributed by atoms with E-state index in [1.807, 2.05) is 23.1 Å². The van der Waals surface area contributed by atoms with Crippen molar-refractivity contribution in [3.63, 3.8) is 0 Å². The molecular formula is C22H28ClNO5. The molecule has 1 amide bonds. The highest BCUT2D eigenvalue weighted by Gasteiger charge is 2.51. The number of amides is 1. The Balaban J connectivity index is 1.47. The highest BCUT2D eigenvalue weighted by Crippen LogP contribution is 2.53. The van der Waals surface area contributed by atoms with E-state index in [0.29, 0.717) is 24.5 Å². The summed E-state index contributed by atoms with van der Waals surface area (Å²) in [6, 6.07) is 5.71. The zero-order chi connectivity index (χ0) is 20.8. The average molecular weight is 422 g/mol. The van der Waals surface area contributed by atoms with Crippen LogP contribution in [0.25, 0.3) is 0 Å². The first-order chi connectivity index (χ1) is 13.7. The van der Waals surface area contributed by atoms with E-state index in [1.54, 1.807) is 0 Å². The van der Waals surface area contributed by atoms with Gasteiger partial charge >= 0.3 is 5.97 Å². The molecule has 1 aromatic rings. The smallest absolute Gasteiger partial charge is 0.303 e. The second-order valence-electron chi connectivity index (χ2n) is 8.96. The van der Waals surface area contributed by atoms with Crippen LogP contribution in [0.3, 0.4) is 0 Å². The van der Waals surface area contributed by atoms with Gasteiger partial charge in [0.05, 0.1) is 12.2 Å². The van der Waals surface area contributed by atoms with Gasteiger partial charge in [-0.05, 0) is 51.3 Å². The highest BCUT2D eigenvalue weighted by atomic mass is 35.5. The summed E-state index contributed by atoms with van der Waals surface area (Å²) in [6.45, 7) is 5.53. The molecule has 4 rings (SSSR count). The fraction of sp³-hybridized carbons (Fsp3) is 0.636. The van der Waals surface area contributed by atoms with Crippen molar-refractivity contribution in [3.8, 4) is 5.75 Å². The molecule has 0 saturated carbocycles. The fourth-order valence-corrected chi connectivity index (χ4v) is 5.24. The molecule has 3 heterocycles. The lowest BCUT2D eigenvalue weighted by Gasteiger charge is -2.53. The SMILES string of the molecule is CC1(C)Oc2ccc(Cl)cc2[C@@H]2O[C@@H]3CCN(C(=O)CCCC(=O)O)C[C@H]3C[C@H]21. The van der Waals surface area contributed by atoms with Gasteiger partial charge in [0.2, 0.25) is 5.91 Å². The Morgan fingerprint density at radius 2 is 2.10 bits per heavy atom. The third-order valence-corrected chi connectivity index (χ3v) is 6.82. The summed E-state index contributed by atoms with van der Waals surface area (Å²) < 4.78 is 12.9. The summed E-state index contributed by atoms with van der Waals surface area (Å²) in [5.74, 6) is 0.463. The van der Waals surface area contributed by atoms with E-state index >= 15 is 0 Å². The van der Waals surface area contributed by atoms with Crippen LogP contribution in [-0.2, 0) is 14.3 Å². The van der Waals surface area contributed by atoms with E-state index in [1.165, 1.54) is 0 Å². The molecule has 6 nitrogen and oxygen atoms in total. The molecule has 4 atom stereocenters. The number of hydrogen-bond donors (Lipinski definition) is 1. The molecule has 0 bridgehead atoms. The van der Waals surface area contributed by atoms with Gasteiger partial charge in [0.15, 0.2) is 0 Å². The van der Waals surface area contributed by atoms with Crippen LogP contribution in [0.2, 0.25) is 5.02 Å². The van der Waals surface area contributed by atoms with E-state index in [0.717, 1.165) is 24.2 Å². The van der Waals surface area contributed by atoms with Gasteiger partial charge in [0, 0.05) is 48.4 Å². The molecule has 0 unspecified atom stereocenters. The van der Waals surface area contributed by atoms with E-state index in [4.69, 9.17) is 26.2 Å². The van der Waals surface area contributed by atoms with Crippen molar-refractivity contribution in [2.24, 2.45) is 11.8 Å². The Morgan fingerprint density at radius 3 is 2.86 bits per heavy atom. The highest BCUT2D eigenvalue weighted by molar-refractivity contribution is 6.30. The van der Waals surface area contributed by atoms with Crippen molar-refractivity contribution < 1.29 is 24.2 Å². The minimum absolute atomic E-state index is 0.0337. The van der Waals surface area contributed by atoms with E-state index in [9.17, 15) is 9.59 Å². The molecule has 0 radical (unpaired) electrons. The third-order valence-electron chi connectivity index (χ3n) is 6.59. The van der Waals surface area contributed by atoms with Crippen molar-refractivity contribution in [1.82, 2.24) is 4.90 Å². The summed E-state index contributed by atoms with van der Waals surface area (Å²) in [7, 11) is 0. The molecule has 3 aliphatic rings. The molecule has 158 valence electrons. The lowest BCUT2D eigenvalue weighted by atomic mass is 9.70. The van der Waals surface area contributed by atoms with Gasteiger partial charge in [-0.2, -0.15) is 0 Å². The second-order valence-corrected chi connectivity index (χ2v) is 9.40. The molecule has 7 heteroatoms. The van der Waals surface area contributed by atoms with Gasteiger partial charge in [-0.25, -0.2) is 0 Å². The normalized spacial score (nSPS) is 29.8. The van der Waals surface area contributed by atoms with Gasteiger partial charge in [-0.1, -0.05) is 11.6 Å². The van der Waals surface area contributed by atoms with E-state index in [-0.39, 0.29) is 48.4 Å². The predicted molar refractivity (Wildman–Crippen MR) is 108 cm³/mol. The van der Waals surface area contributed by atoms with E-state index < -0.39 is 5.97 Å². The minimum Gasteiger partial charge on any atom is -0.487 e. The molecular weight excluding hydrogens is 394 g/mol. The number of carboxylic acid groups (broad SMARTS) is 1. The fourth-order valence-electron chi connectivity index (χ4n) is 5.06. The molecule has 3 aliphatic heterocycles. The zero-order valence-corrected chi connectivity index (χ0v) is 17.7. The molecule has 1 N–H and O–H groups in total. The monoisotopic (exact) mass is 421 g/mol. The van der Waals surface area contributed by atoms with Gasteiger partial charge in [-0.3, -0.25) is 9.59 Å². The Morgan fingerprint density at radius 1 is 1.31 bits per heavy atom. The van der Waals surface area contributed by atoms with Gasteiger partial charge < -0.3 is 19.5 Å². The maximum atomic E-state index is 12.5. The number of rotatable bonds is 4. The lowest BCUT2D eigenvalue weighted by Crippen LogP contribution is -2.56. The number of carboxylic acids is 1. The van der Waals surface area contributed by atoms with Crippen molar-refractivity contribution in [2.75, 3.05) is 13.1 Å². The van der Waals surface area contributed by atoms with Crippen LogP contribution >= 0.6 is 11.6 Å². The van der Waals surface area contributed by atoms with Crippen molar-refractivity contribution in [3.05, 3.63) is 28.8 Å². The largest absolute Gasteiger partial charge is 0.487 e. The number of nitrogens with zero attached hydrogens (tertiary/aromatic N) is 1. The number of piperidine rings is 1. The van der Waals surface area contributed by atoms with Crippen LogP contribution in [0.4, 0.5) is 0 Å². The Kier molecular flexibility index (Phi) is 5.51. The summed E-state index contributed by atoms with van der Waals surface area (Å²) in [6.07, 6.45) is 2.50. The Labute approximate surface area is 176 Å².